The van der Waals surface area contributed by atoms with Gasteiger partial charge in [-0.1, -0.05) is 66.7 Å². The van der Waals surface area contributed by atoms with E-state index in [-0.39, 0.29) is 37.6 Å². The SMILES string of the molecule is CC(=O)NCCNCc1ccc(OCc2cccc(-c3cccc(COC4=NC(OCc5cccc(C#N)c5)C(CNCCNC(C)=O)C=C4)c3C)c2C)nc1OCc1cccc(C#N)c1. The number of hydrogen-bond donors (Lipinski definition) is 4. The number of carbonyl (C=O) groups is 2. The summed E-state index contributed by atoms with van der Waals surface area (Å²) in [6.45, 7) is 11.5. The third-order valence-corrected chi connectivity index (χ3v) is 10.9. The van der Waals surface area contributed by atoms with E-state index in [4.69, 9.17) is 28.9 Å². The molecule has 1 aliphatic heterocycles. The number of rotatable bonds is 22. The third-order valence-electron chi connectivity index (χ3n) is 10.9. The first-order valence-corrected chi connectivity index (χ1v) is 21.9. The van der Waals surface area contributed by atoms with Crippen LogP contribution >= 0.6 is 0 Å². The highest BCUT2D eigenvalue weighted by Crippen LogP contribution is 2.32. The molecule has 0 bridgehead atoms. The van der Waals surface area contributed by atoms with Crippen molar-refractivity contribution in [3.8, 4) is 35.0 Å². The van der Waals surface area contributed by atoms with Crippen LogP contribution in [0.25, 0.3) is 11.1 Å². The van der Waals surface area contributed by atoms with Gasteiger partial charge in [-0.25, -0.2) is 4.99 Å². The fourth-order valence-corrected chi connectivity index (χ4v) is 7.28. The summed E-state index contributed by atoms with van der Waals surface area (Å²) in [4.78, 5) is 32.2. The largest absolute Gasteiger partial charge is 0.473 e. The van der Waals surface area contributed by atoms with Crippen molar-refractivity contribution in [3.05, 3.63) is 159 Å². The molecule has 2 heterocycles. The molecule has 4 N–H and O–H groups in total. The fraction of sp³-hybridized carbons (Fsp3) is 0.308. The molecule has 6 rings (SSSR count). The Bertz CT molecular complexity index is 2610. The molecule has 4 aromatic carbocycles. The monoisotopic (exact) mass is 888 g/mol. The van der Waals surface area contributed by atoms with Crippen LogP contribution in [0, 0.1) is 42.4 Å². The van der Waals surface area contributed by atoms with Crippen molar-refractivity contribution in [1.82, 2.24) is 26.3 Å². The van der Waals surface area contributed by atoms with E-state index >= 15 is 0 Å². The summed E-state index contributed by atoms with van der Waals surface area (Å²) in [6, 6.07) is 35.1. The number of dihydropyridines is 1. The van der Waals surface area contributed by atoms with Crippen LogP contribution in [0.3, 0.4) is 0 Å². The molecule has 0 fully saturated rings. The van der Waals surface area contributed by atoms with Crippen LogP contribution in [0.1, 0.15) is 63.9 Å². The van der Waals surface area contributed by atoms with Gasteiger partial charge in [-0.15, -0.1) is 0 Å². The number of ether oxygens (including phenoxy) is 4. The summed E-state index contributed by atoms with van der Waals surface area (Å²) in [6.07, 6.45) is 3.38. The second kappa shape index (κ2) is 24.6. The molecule has 0 spiro atoms. The highest BCUT2D eigenvalue weighted by Gasteiger charge is 2.24. The standard InChI is InChI=1S/C52H56N8O6/c1-35-45(33-63-49-19-17-43(29-55-21-23-57-37(3)61)51(59-49)65-31-41-11-5-9-39(25-41)27-53)13-7-15-47(35)48-16-8-14-46(36(48)2)34-64-50-20-18-44(30-56-22-24-58-38(4)62)52(60-50)66-32-42-12-6-10-40(26-42)28-54/h5-20,25-26,43,51,55-56H,21-24,29-34H2,1-4H3,(H,57,61)(H,58,62). The molecule has 14 heteroatoms. The molecule has 340 valence electrons. The van der Waals surface area contributed by atoms with E-state index < -0.39 is 6.23 Å². The predicted octanol–water partition coefficient (Wildman–Crippen LogP) is 6.86. The Labute approximate surface area is 386 Å². The number of carbonyl (C=O) groups excluding carboxylic acids is 2. The minimum Gasteiger partial charge on any atom is -0.473 e. The third kappa shape index (κ3) is 14.3. The molecular formula is C52H56N8O6. The number of aromatic nitrogens is 1. The summed E-state index contributed by atoms with van der Waals surface area (Å²) >= 11 is 0. The Balaban J connectivity index is 1.12. The molecule has 2 amide bonds. The van der Waals surface area contributed by atoms with E-state index in [0.29, 0.717) is 74.7 Å². The molecule has 2 atom stereocenters. The van der Waals surface area contributed by atoms with E-state index in [0.717, 1.165) is 50.1 Å². The lowest BCUT2D eigenvalue weighted by atomic mass is 9.92. The lowest BCUT2D eigenvalue weighted by Crippen LogP contribution is -2.37. The van der Waals surface area contributed by atoms with Crippen LogP contribution < -0.4 is 30.7 Å². The molecule has 66 heavy (non-hydrogen) atoms. The van der Waals surface area contributed by atoms with E-state index in [1.165, 1.54) is 13.8 Å². The highest BCUT2D eigenvalue weighted by atomic mass is 16.5. The van der Waals surface area contributed by atoms with Gasteiger partial charge in [0.25, 0.3) is 0 Å². The van der Waals surface area contributed by atoms with Crippen LogP contribution in [0.5, 0.6) is 11.8 Å². The average molecular weight is 889 g/mol. The van der Waals surface area contributed by atoms with Crippen molar-refractivity contribution in [2.45, 2.75) is 66.9 Å². The number of nitrogens with zero attached hydrogens (tertiary/aromatic N) is 4. The lowest BCUT2D eigenvalue weighted by molar-refractivity contribution is -0.119. The van der Waals surface area contributed by atoms with Gasteiger partial charge in [0.05, 0.1) is 29.9 Å². The molecule has 14 nitrogen and oxygen atoms in total. The summed E-state index contributed by atoms with van der Waals surface area (Å²) in [5.74, 6) is 1.03. The Morgan fingerprint density at radius 2 is 1.24 bits per heavy atom. The van der Waals surface area contributed by atoms with E-state index in [2.05, 4.69) is 65.5 Å². The minimum absolute atomic E-state index is 0.0748. The second-order valence-electron chi connectivity index (χ2n) is 15.8. The van der Waals surface area contributed by atoms with Crippen LogP contribution in [0.15, 0.2) is 114 Å². The van der Waals surface area contributed by atoms with Crippen LogP contribution in [-0.2, 0) is 52.0 Å². The quantitative estimate of drug-likeness (QED) is 0.0531. The number of benzene rings is 4. The van der Waals surface area contributed by atoms with E-state index in [9.17, 15) is 20.1 Å². The maximum absolute atomic E-state index is 11.3. The zero-order chi connectivity index (χ0) is 46.7. The second-order valence-corrected chi connectivity index (χ2v) is 15.8. The van der Waals surface area contributed by atoms with Gasteiger partial charge in [0.15, 0.2) is 6.23 Å². The van der Waals surface area contributed by atoms with Crippen molar-refractivity contribution >= 4 is 17.7 Å². The van der Waals surface area contributed by atoms with Crippen molar-refractivity contribution in [2.24, 2.45) is 10.9 Å². The molecule has 2 unspecified atom stereocenters. The molecule has 1 aliphatic rings. The van der Waals surface area contributed by atoms with Gasteiger partial charge in [0.2, 0.25) is 29.5 Å². The van der Waals surface area contributed by atoms with Gasteiger partial charge < -0.3 is 40.2 Å². The van der Waals surface area contributed by atoms with Crippen LogP contribution in [0.2, 0.25) is 0 Å². The number of pyridine rings is 1. The fourth-order valence-electron chi connectivity index (χ4n) is 7.28. The maximum atomic E-state index is 11.3. The van der Waals surface area contributed by atoms with Crippen LogP contribution in [0.4, 0.5) is 0 Å². The molecule has 1 aromatic heterocycles. The highest BCUT2D eigenvalue weighted by molar-refractivity contribution is 5.88. The van der Waals surface area contributed by atoms with Gasteiger partial charge in [-0.05, 0) is 94.8 Å². The first-order valence-electron chi connectivity index (χ1n) is 21.9. The number of nitrogens with one attached hydrogen (secondary N) is 4. The van der Waals surface area contributed by atoms with Crippen molar-refractivity contribution in [2.75, 3.05) is 32.7 Å². The number of hydrogen-bond acceptors (Lipinski definition) is 12. The minimum atomic E-state index is -0.534. The van der Waals surface area contributed by atoms with E-state index in [1.54, 1.807) is 18.2 Å². The van der Waals surface area contributed by atoms with Crippen LogP contribution in [-0.4, -0.2) is 61.6 Å². The molecule has 0 saturated heterocycles. The Hall–Kier alpha value is -7.36. The maximum Gasteiger partial charge on any atom is 0.221 e. The summed E-state index contributed by atoms with van der Waals surface area (Å²) < 4.78 is 25.2. The smallest absolute Gasteiger partial charge is 0.221 e. The van der Waals surface area contributed by atoms with E-state index in [1.807, 2.05) is 72.8 Å². The Kier molecular flexibility index (Phi) is 18.0. The topological polar surface area (TPSA) is 192 Å². The molecule has 5 aromatic rings. The molecule has 0 saturated carbocycles. The normalized spacial score (nSPS) is 14.1. The van der Waals surface area contributed by atoms with Crippen molar-refractivity contribution < 1.29 is 28.5 Å². The Morgan fingerprint density at radius 1 is 0.652 bits per heavy atom. The van der Waals surface area contributed by atoms with Gasteiger partial charge in [-0.3, -0.25) is 9.59 Å². The zero-order valence-corrected chi connectivity index (χ0v) is 37.9. The summed E-state index contributed by atoms with van der Waals surface area (Å²) in [7, 11) is 0. The van der Waals surface area contributed by atoms with Crippen molar-refractivity contribution in [3.63, 3.8) is 0 Å². The Morgan fingerprint density at radius 3 is 1.86 bits per heavy atom. The number of aliphatic imine (C=N–C) groups is 1. The zero-order valence-electron chi connectivity index (χ0n) is 37.9. The van der Waals surface area contributed by atoms with Gasteiger partial charge in [0, 0.05) is 70.7 Å². The van der Waals surface area contributed by atoms with Crippen molar-refractivity contribution in [1.29, 1.82) is 10.5 Å². The molecular weight excluding hydrogens is 833 g/mol. The van der Waals surface area contributed by atoms with Gasteiger partial charge in [-0.2, -0.15) is 15.5 Å². The molecule has 0 radical (unpaired) electrons. The molecule has 0 aliphatic carbocycles. The average Bonchev–Trinajstić information content (AvgIpc) is 3.32. The summed E-state index contributed by atoms with van der Waals surface area (Å²) in [5.41, 5.74) is 9.97. The lowest BCUT2D eigenvalue weighted by Gasteiger charge is -2.26. The number of amides is 2. The first-order chi connectivity index (χ1) is 32.1. The van der Waals surface area contributed by atoms with Gasteiger partial charge in [0.1, 0.15) is 19.8 Å². The first kappa shape index (κ1) is 48.1. The number of nitriles is 2. The van der Waals surface area contributed by atoms with Gasteiger partial charge >= 0.3 is 0 Å². The summed E-state index contributed by atoms with van der Waals surface area (Å²) in [5, 5.41) is 31.0. The predicted molar refractivity (Wildman–Crippen MR) is 252 cm³/mol.